The molecule has 0 radical (unpaired) electrons. The second-order valence-corrected chi connectivity index (χ2v) is 30.0. The van der Waals surface area contributed by atoms with Crippen LogP contribution >= 0.6 is 104 Å². The molecule has 456 valence electrons. The summed E-state index contributed by atoms with van der Waals surface area (Å²) in [5.41, 5.74) is 0.883. The number of aromatic nitrogens is 3. The molecular weight excluding hydrogens is 1340 g/mol. The molecule has 3 aliphatic heterocycles. The molecule has 0 spiro atoms. The van der Waals surface area contributed by atoms with Crippen LogP contribution in [0.4, 0.5) is 30.2 Å². The first-order valence-corrected chi connectivity index (χ1v) is 37.0. The fourth-order valence-electron chi connectivity index (χ4n) is 8.57. The number of thioether (sulfide) groups is 3. The zero-order valence-electron chi connectivity index (χ0n) is 44.3. The predicted octanol–water partition coefficient (Wildman–Crippen LogP) is 8.66. The number of rotatable bonds is 18. The first-order valence-electron chi connectivity index (χ1n) is 24.7. The van der Waals surface area contributed by atoms with Gasteiger partial charge in [-0.2, -0.15) is 87.6 Å². The molecule has 3 amide bonds. The lowest BCUT2D eigenvalue weighted by molar-refractivity contribution is -0.121. The van der Waals surface area contributed by atoms with Crippen molar-refractivity contribution >= 4 is 170 Å². The van der Waals surface area contributed by atoms with Crippen LogP contribution in [-0.4, -0.2) is 145 Å². The molecule has 6 atom stereocenters. The maximum atomic E-state index is 13.4. The number of anilines is 3. The summed E-state index contributed by atoms with van der Waals surface area (Å²) in [6.45, 7) is 0.552. The molecule has 3 aromatic carbocycles. The quantitative estimate of drug-likeness (QED) is 0.0470. The molecule has 36 heteroatoms. The Labute approximate surface area is 523 Å². The van der Waals surface area contributed by atoms with Gasteiger partial charge < -0.3 is 16.0 Å². The normalized spacial score (nSPS) is 22.1. The minimum atomic E-state index is -3.88. The molecule has 84 heavy (non-hydrogen) atoms. The van der Waals surface area contributed by atoms with Crippen molar-refractivity contribution in [2.24, 2.45) is 0 Å². The lowest BCUT2D eigenvalue weighted by atomic mass is 10.1. The minimum absolute atomic E-state index is 0.129. The molecule has 3 fully saturated rings. The molecule has 3 aliphatic rings. The number of hydrogen-bond donors (Lipinski definition) is 6. The summed E-state index contributed by atoms with van der Waals surface area (Å²) in [6, 6.07) is 6.82. The Kier molecular flexibility index (Phi) is 25.0. The monoisotopic (exact) mass is 1390 g/mol. The summed E-state index contributed by atoms with van der Waals surface area (Å²) >= 11 is 25.7. The number of thiazole rings is 3. The Morgan fingerprint density at radius 1 is 0.512 bits per heavy atom. The van der Waals surface area contributed by atoms with E-state index in [1.54, 1.807) is 34.7 Å². The summed E-state index contributed by atoms with van der Waals surface area (Å²) < 4.78 is 128. The molecule has 0 bridgehead atoms. The number of hydrogen-bond acceptors (Lipinski definition) is 18. The van der Waals surface area contributed by atoms with Crippen molar-refractivity contribution in [1.82, 2.24) is 42.0 Å². The third kappa shape index (κ3) is 18.0. The number of carbonyl (C=O) groups excluding carboxylic acids is 3. The molecule has 0 saturated carbocycles. The fraction of sp³-hybridized carbons (Fsp3) is 0.375. The van der Waals surface area contributed by atoms with E-state index in [0.717, 1.165) is 31.1 Å². The van der Waals surface area contributed by atoms with Gasteiger partial charge in [-0.3, -0.25) is 14.4 Å². The van der Waals surface area contributed by atoms with Crippen molar-refractivity contribution in [1.29, 1.82) is 0 Å². The van der Waals surface area contributed by atoms with Gasteiger partial charge in [-0.15, -0.1) is 34.0 Å². The van der Waals surface area contributed by atoms with Crippen LogP contribution < -0.4 is 30.1 Å². The van der Waals surface area contributed by atoms with Gasteiger partial charge >= 0.3 is 0 Å². The SMILES string of the molecule is CSCCN1C(C(=O)Nc2ccc(F)c(Cl)c2)CC(c2nccs2)NS1(=O)=O.CSCCN1[C@@H](C(=O)Nc2ccc(F)c(Cl)c2)C[C@@H](c2nccs2)NS1(=O)=O.CSCCN1[C@H](C(=O)Nc2ccc(F)c(Cl)c2)C[C@H](c2nccs2)NS1(=O)=O. The Hall–Kier alpha value is -3.72. The second kappa shape index (κ2) is 31.0. The van der Waals surface area contributed by atoms with Crippen LogP contribution in [0.1, 0.15) is 52.4 Å². The highest BCUT2D eigenvalue weighted by Crippen LogP contribution is 2.35. The van der Waals surface area contributed by atoms with Crippen LogP contribution in [0.25, 0.3) is 0 Å². The highest BCUT2D eigenvalue weighted by Gasteiger charge is 2.46. The molecule has 2 unspecified atom stereocenters. The standard InChI is InChI=1S/3C16H18ClFN4O3S3/c3*1-26-7-5-22-14(15(23)20-10-2-3-12(18)11(17)8-10)9-13(21-28(22,24)25)16-19-4-6-27-16/h3*2-4,6,8,13-14,21H,5,7,9H2,1H3,(H,20,23)/t2*13-,14+;/m10./s1. The van der Waals surface area contributed by atoms with Crippen LogP contribution in [0.5, 0.6) is 0 Å². The van der Waals surface area contributed by atoms with E-state index in [0.29, 0.717) is 49.3 Å². The molecular formula is C48H54Cl3F3N12O9S9. The summed E-state index contributed by atoms with van der Waals surface area (Å²) in [4.78, 5) is 51.3. The van der Waals surface area contributed by atoms with E-state index in [2.05, 4.69) is 45.1 Å². The van der Waals surface area contributed by atoms with E-state index >= 15 is 0 Å². The molecule has 6 N–H and O–H groups in total. The van der Waals surface area contributed by atoms with E-state index in [4.69, 9.17) is 34.8 Å². The topological polar surface area (TPSA) is 274 Å². The third-order valence-electron chi connectivity index (χ3n) is 12.5. The van der Waals surface area contributed by atoms with Gasteiger partial charge in [0.2, 0.25) is 17.7 Å². The minimum Gasteiger partial charge on any atom is -0.325 e. The third-order valence-corrected chi connectivity index (χ3v) is 22.7. The number of nitrogens with one attached hydrogen (secondary N) is 6. The molecule has 3 aromatic heterocycles. The van der Waals surface area contributed by atoms with Crippen molar-refractivity contribution in [3.8, 4) is 0 Å². The van der Waals surface area contributed by atoms with Crippen molar-refractivity contribution in [3.63, 3.8) is 0 Å². The predicted molar refractivity (Wildman–Crippen MR) is 331 cm³/mol. The number of halogens is 6. The van der Waals surface area contributed by atoms with Crippen molar-refractivity contribution in [3.05, 3.63) is 137 Å². The molecule has 21 nitrogen and oxygen atoms in total. The summed E-state index contributed by atoms with van der Waals surface area (Å²) in [7, 11) is -11.6. The lowest BCUT2D eigenvalue weighted by Crippen LogP contribution is -2.58. The van der Waals surface area contributed by atoms with Gasteiger partial charge in [0, 0.05) is 88.7 Å². The highest BCUT2D eigenvalue weighted by molar-refractivity contribution is 7.99. The Bertz CT molecular complexity index is 3190. The van der Waals surface area contributed by atoms with E-state index in [9.17, 15) is 52.8 Å². The van der Waals surface area contributed by atoms with E-state index < -0.39 is 102 Å². The van der Waals surface area contributed by atoms with Crippen LogP contribution in [-0.2, 0) is 45.0 Å². The van der Waals surface area contributed by atoms with Gasteiger partial charge in [0.25, 0.3) is 30.6 Å². The smallest absolute Gasteiger partial charge is 0.280 e. The highest BCUT2D eigenvalue weighted by atomic mass is 35.5. The lowest BCUT2D eigenvalue weighted by Gasteiger charge is -2.37. The van der Waals surface area contributed by atoms with Crippen molar-refractivity contribution < 1.29 is 52.8 Å². The molecule has 6 aromatic rings. The van der Waals surface area contributed by atoms with Gasteiger partial charge in [0.15, 0.2) is 0 Å². The van der Waals surface area contributed by atoms with Crippen LogP contribution in [0, 0.1) is 17.5 Å². The Morgan fingerprint density at radius 2 is 0.774 bits per heavy atom. The molecule has 9 rings (SSSR count). The van der Waals surface area contributed by atoms with Gasteiger partial charge in [0.05, 0.1) is 33.2 Å². The number of nitrogens with zero attached hydrogens (tertiary/aromatic N) is 6. The molecule has 3 saturated heterocycles. The summed E-state index contributed by atoms with van der Waals surface area (Å²) in [5, 5.41) is 14.6. The van der Waals surface area contributed by atoms with Crippen molar-refractivity contribution in [2.75, 3.05) is 71.6 Å². The average molecular weight is 1390 g/mol. The van der Waals surface area contributed by atoms with Crippen LogP contribution in [0.3, 0.4) is 0 Å². The van der Waals surface area contributed by atoms with Crippen LogP contribution in [0.15, 0.2) is 89.3 Å². The first kappa shape index (κ1) is 67.8. The van der Waals surface area contributed by atoms with Gasteiger partial charge in [0.1, 0.15) is 50.6 Å². The van der Waals surface area contributed by atoms with Gasteiger partial charge in [-0.05, 0) is 92.6 Å². The largest absolute Gasteiger partial charge is 0.325 e. The van der Waals surface area contributed by atoms with Gasteiger partial charge in [-0.1, -0.05) is 34.8 Å². The average Bonchev–Trinajstić information content (AvgIpc) is 3.72. The van der Waals surface area contributed by atoms with Gasteiger partial charge in [-0.25, -0.2) is 28.1 Å². The summed E-state index contributed by atoms with van der Waals surface area (Å²) in [6.07, 6.45) is 11.0. The Morgan fingerprint density at radius 3 is 0.988 bits per heavy atom. The zero-order valence-corrected chi connectivity index (χ0v) is 53.9. The zero-order chi connectivity index (χ0) is 60.9. The van der Waals surface area contributed by atoms with E-state index in [1.807, 2.05) is 18.8 Å². The molecule has 0 aliphatic carbocycles. The van der Waals surface area contributed by atoms with Crippen molar-refractivity contribution in [2.45, 2.75) is 55.5 Å². The number of carbonyl (C=O) groups is 3. The number of benzene rings is 3. The summed E-state index contributed by atoms with van der Waals surface area (Å²) in [5.74, 6) is -1.71. The maximum Gasteiger partial charge on any atom is 0.280 e. The second-order valence-electron chi connectivity index (χ2n) is 18.1. The van der Waals surface area contributed by atoms with Crippen LogP contribution in [0.2, 0.25) is 15.1 Å². The number of amides is 3. The first-order chi connectivity index (χ1) is 39.9. The fourth-order valence-corrected chi connectivity index (χ4v) is 17.6. The molecule has 6 heterocycles. The Balaban J connectivity index is 0.000000181. The van der Waals surface area contributed by atoms with E-state index in [-0.39, 0.29) is 54.0 Å². The van der Waals surface area contributed by atoms with E-state index in [1.165, 1.54) is 106 Å². The maximum absolute atomic E-state index is 13.4.